The van der Waals surface area contributed by atoms with Crippen LogP contribution in [0.1, 0.15) is 23.3 Å². The zero-order valence-corrected chi connectivity index (χ0v) is 22.3. The summed E-state index contributed by atoms with van der Waals surface area (Å²) in [5.41, 5.74) is 0.931. The molecular formula is C24H31N7O5Si. The molecule has 0 saturated heterocycles. The number of nitrogens with zero attached hydrogens (tertiary/aromatic N) is 5. The van der Waals surface area contributed by atoms with Crippen LogP contribution in [0, 0.1) is 5.92 Å². The minimum Gasteiger partial charge on any atom is -0.494 e. The van der Waals surface area contributed by atoms with Crippen molar-refractivity contribution >= 4 is 37.1 Å². The van der Waals surface area contributed by atoms with E-state index in [1.54, 1.807) is 29.2 Å². The van der Waals surface area contributed by atoms with Gasteiger partial charge < -0.3 is 25.2 Å². The van der Waals surface area contributed by atoms with Crippen LogP contribution >= 0.6 is 0 Å². The maximum atomic E-state index is 12.1. The van der Waals surface area contributed by atoms with Gasteiger partial charge in [-0.25, -0.2) is 14.5 Å². The van der Waals surface area contributed by atoms with Crippen molar-refractivity contribution in [2.24, 2.45) is 5.92 Å². The normalized spacial score (nSPS) is 13.3. The lowest BCUT2D eigenvalue weighted by Gasteiger charge is -2.15. The predicted octanol–water partition coefficient (Wildman–Crippen LogP) is 3.85. The standard InChI is InChI=1S/C24H31N7O5Si/c1-35-21-16(22-25-13-31(30-22)14-36-10-11-37(2,3)4)6-5-7-17(21)26-18-12-19(27-23(32)15-8-9-15)28-29-20(18)24(33)34/h5-7,12-13,15H,8-11,14H2,1-4H3,(H,33,34)(H2,26,27,28,32). The van der Waals surface area contributed by atoms with Gasteiger partial charge in [-0.2, -0.15) is 0 Å². The fourth-order valence-corrected chi connectivity index (χ4v) is 4.23. The Morgan fingerprint density at radius 2 is 1.97 bits per heavy atom. The van der Waals surface area contributed by atoms with Gasteiger partial charge in [0.15, 0.2) is 23.1 Å². The Morgan fingerprint density at radius 1 is 1.19 bits per heavy atom. The maximum Gasteiger partial charge on any atom is 0.358 e. The highest BCUT2D eigenvalue weighted by Crippen LogP contribution is 2.37. The smallest absolute Gasteiger partial charge is 0.358 e. The van der Waals surface area contributed by atoms with Gasteiger partial charge in [0.05, 0.1) is 24.0 Å². The van der Waals surface area contributed by atoms with Crippen molar-refractivity contribution in [3.63, 3.8) is 0 Å². The van der Waals surface area contributed by atoms with Gasteiger partial charge in [-0.1, -0.05) is 25.7 Å². The van der Waals surface area contributed by atoms with Gasteiger partial charge in [0.2, 0.25) is 5.91 Å². The summed E-state index contributed by atoms with van der Waals surface area (Å²) < 4.78 is 13.0. The van der Waals surface area contributed by atoms with E-state index >= 15 is 0 Å². The number of carbonyl (C=O) groups excluding carboxylic acids is 1. The topological polar surface area (TPSA) is 153 Å². The molecule has 0 unspecified atom stereocenters. The van der Waals surface area contributed by atoms with E-state index in [1.807, 2.05) is 0 Å². The Hall–Kier alpha value is -3.84. The minimum atomic E-state index is -1.26. The lowest BCUT2D eigenvalue weighted by molar-refractivity contribution is -0.117. The van der Waals surface area contributed by atoms with Crippen LogP contribution in [0.2, 0.25) is 25.7 Å². The Morgan fingerprint density at radius 3 is 2.65 bits per heavy atom. The molecule has 12 nitrogen and oxygen atoms in total. The fraction of sp³-hybridized carbons (Fsp3) is 0.417. The van der Waals surface area contributed by atoms with Crippen molar-refractivity contribution in [3.8, 4) is 17.1 Å². The largest absolute Gasteiger partial charge is 0.494 e. The van der Waals surface area contributed by atoms with Gasteiger partial charge >= 0.3 is 5.97 Å². The second kappa shape index (κ2) is 11.0. The summed E-state index contributed by atoms with van der Waals surface area (Å²) >= 11 is 0. The molecule has 3 aromatic rings. The average molecular weight is 526 g/mol. The van der Waals surface area contributed by atoms with Gasteiger partial charge in [0.25, 0.3) is 0 Å². The summed E-state index contributed by atoms with van der Waals surface area (Å²) in [6.07, 6.45) is 3.25. The molecule has 1 aliphatic rings. The summed E-state index contributed by atoms with van der Waals surface area (Å²) in [6.45, 7) is 7.84. The van der Waals surface area contributed by atoms with Crippen molar-refractivity contribution in [1.29, 1.82) is 0 Å². The molecule has 13 heteroatoms. The summed E-state index contributed by atoms with van der Waals surface area (Å²) in [7, 11) is 0.326. The first kappa shape index (κ1) is 26.2. The number of benzene rings is 1. The molecule has 0 atom stereocenters. The highest BCUT2D eigenvalue weighted by atomic mass is 28.3. The number of nitrogens with one attached hydrogen (secondary N) is 2. The summed E-state index contributed by atoms with van der Waals surface area (Å²) in [4.78, 5) is 28.3. The SMILES string of the molecule is COc1c(Nc2cc(NC(=O)C3CC3)nnc2C(=O)O)cccc1-c1ncn(COCC[Si](C)(C)C)n1. The number of hydrogen-bond acceptors (Lipinski definition) is 9. The minimum absolute atomic E-state index is 0.0350. The highest BCUT2D eigenvalue weighted by Gasteiger charge is 2.30. The van der Waals surface area contributed by atoms with E-state index in [9.17, 15) is 14.7 Å². The van der Waals surface area contributed by atoms with Crippen LogP contribution in [0.5, 0.6) is 5.75 Å². The molecular weight excluding hydrogens is 494 g/mol. The fourth-order valence-electron chi connectivity index (χ4n) is 3.47. The molecule has 4 rings (SSSR count). The first-order chi connectivity index (χ1) is 17.6. The van der Waals surface area contributed by atoms with Crippen molar-refractivity contribution in [2.45, 2.75) is 45.3 Å². The van der Waals surface area contributed by atoms with Crippen LogP contribution in [0.3, 0.4) is 0 Å². The zero-order valence-electron chi connectivity index (χ0n) is 21.3. The van der Waals surface area contributed by atoms with Crippen LogP contribution < -0.4 is 15.4 Å². The number of carbonyl (C=O) groups is 2. The number of hydrogen-bond donors (Lipinski definition) is 3. The average Bonchev–Trinajstić information content (AvgIpc) is 3.59. The molecule has 1 amide bonds. The number of rotatable bonds is 12. The molecule has 196 valence electrons. The molecule has 0 spiro atoms. The maximum absolute atomic E-state index is 12.1. The lowest BCUT2D eigenvalue weighted by atomic mass is 10.1. The summed E-state index contributed by atoms with van der Waals surface area (Å²) in [5, 5.41) is 27.5. The van der Waals surface area contributed by atoms with E-state index in [0.29, 0.717) is 29.4 Å². The Balaban J connectivity index is 1.55. The van der Waals surface area contributed by atoms with Crippen molar-refractivity contribution < 1.29 is 24.2 Å². The van der Waals surface area contributed by atoms with Crippen molar-refractivity contribution in [3.05, 3.63) is 36.3 Å². The predicted molar refractivity (Wildman–Crippen MR) is 140 cm³/mol. The molecule has 0 radical (unpaired) electrons. The van der Waals surface area contributed by atoms with Crippen molar-refractivity contribution in [1.82, 2.24) is 25.0 Å². The summed E-state index contributed by atoms with van der Waals surface area (Å²) in [6, 6.07) is 7.81. The van der Waals surface area contributed by atoms with Gasteiger partial charge in [0, 0.05) is 26.7 Å². The molecule has 3 N–H and O–H groups in total. The number of anilines is 3. The first-order valence-electron chi connectivity index (χ1n) is 12.0. The molecule has 0 aliphatic heterocycles. The number of methoxy groups -OCH3 is 1. The van der Waals surface area contributed by atoms with E-state index in [-0.39, 0.29) is 35.8 Å². The third-order valence-electron chi connectivity index (χ3n) is 5.68. The molecule has 0 bridgehead atoms. The van der Waals surface area contributed by atoms with E-state index < -0.39 is 14.0 Å². The Bertz CT molecular complexity index is 1290. The summed E-state index contributed by atoms with van der Waals surface area (Å²) in [5.74, 6) is -0.454. The van der Waals surface area contributed by atoms with Crippen LogP contribution in [0.4, 0.5) is 17.2 Å². The number of para-hydroxylation sites is 1. The van der Waals surface area contributed by atoms with Crippen molar-refractivity contribution in [2.75, 3.05) is 24.4 Å². The van der Waals surface area contributed by atoms with Crippen LogP contribution in [0.25, 0.3) is 11.4 Å². The van der Waals surface area contributed by atoms with Crippen LogP contribution in [-0.4, -0.2) is 63.7 Å². The lowest BCUT2D eigenvalue weighted by Crippen LogP contribution is -2.22. The molecule has 1 aliphatic carbocycles. The molecule has 37 heavy (non-hydrogen) atoms. The first-order valence-corrected chi connectivity index (χ1v) is 15.7. The monoisotopic (exact) mass is 525 g/mol. The molecule has 2 aromatic heterocycles. The molecule has 2 heterocycles. The van der Waals surface area contributed by atoms with Gasteiger partial charge in [-0.15, -0.1) is 15.3 Å². The number of ether oxygens (including phenoxy) is 2. The number of carboxylic acid groups (broad SMARTS) is 1. The third kappa shape index (κ3) is 6.89. The van der Waals surface area contributed by atoms with E-state index in [2.05, 4.69) is 50.6 Å². The van der Waals surface area contributed by atoms with Gasteiger partial charge in [-0.05, 0) is 31.0 Å². The molecule has 1 aromatic carbocycles. The zero-order chi connectivity index (χ0) is 26.6. The van der Waals surface area contributed by atoms with E-state index in [4.69, 9.17) is 9.47 Å². The number of amides is 1. The molecule has 1 saturated carbocycles. The second-order valence-corrected chi connectivity index (χ2v) is 15.6. The van der Waals surface area contributed by atoms with Gasteiger partial charge in [0.1, 0.15) is 13.1 Å². The quantitative estimate of drug-likeness (QED) is 0.235. The van der Waals surface area contributed by atoms with E-state index in [0.717, 1.165) is 18.9 Å². The highest BCUT2D eigenvalue weighted by molar-refractivity contribution is 6.76. The molecule has 1 fully saturated rings. The van der Waals surface area contributed by atoms with Gasteiger partial charge in [-0.3, -0.25) is 4.79 Å². The Kier molecular flexibility index (Phi) is 7.83. The number of carboxylic acids is 1. The van der Waals surface area contributed by atoms with Crippen LogP contribution in [-0.2, 0) is 16.3 Å². The van der Waals surface area contributed by atoms with E-state index in [1.165, 1.54) is 13.2 Å². The number of aromatic nitrogens is 5. The Labute approximate surface area is 215 Å². The third-order valence-corrected chi connectivity index (χ3v) is 7.39. The second-order valence-electron chi connectivity index (χ2n) is 10.0. The van der Waals surface area contributed by atoms with Crippen LogP contribution in [0.15, 0.2) is 30.6 Å². The number of aromatic carboxylic acids is 1.